The molecule has 7 nitrogen and oxygen atoms in total. The van der Waals surface area contributed by atoms with E-state index in [0.29, 0.717) is 6.29 Å². The van der Waals surface area contributed by atoms with E-state index in [1.807, 2.05) is 0 Å². The zero-order chi connectivity index (χ0) is 15.3. The topological polar surface area (TPSA) is 92.9 Å². The van der Waals surface area contributed by atoms with Crippen LogP contribution in [-0.2, 0) is 9.59 Å². The summed E-state index contributed by atoms with van der Waals surface area (Å²) in [7, 11) is 3.47. The van der Waals surface area contributed by atoms with Gasteiger partial charge in [-0.1, -0.05) is 13.8 Å². The number of carboxylic acids is 1. The molecule has 0 radical (unpaired) electrons. The molecule has 110 valence electrons. The molecule has 0 amide bonds. The van der Waals surface area contributed by atoms with Gasteiger partial charge in [-0.05, 0) is 11.1 Å². The summed E-state index contributed by atoms with van der Waals surface area (Å²) in [5.74, 6) is -1.67. The van der Waals surface area contributed by atoms with Crippen molar-refractivity contribution in [3.63, 3.8) is 0 Å². The van der Waals surface area contributed by atoms with Crippen molar-refractivity contribution in [2.75, 3.05) is 14.1 Å². The summed E-state index contributed by atoms with van der Waals surface area (Å²) in [5, 5.41) is 12.8. The fourth-order valence-electron chi connectivity index (χ4n) is 1.66. The van der Waals surface area contributed by atoms with E-state index >= 15 is 0 Å². The van der Waals surface area contributed by atoms with Crippen molar-refractivity contribution in [2.24, 2.45) is 5.92 Å². The highest BCUT2D eigenvalue weighted by Crippen LogP contribution is 2.27. The summed E-state index contributed by atoms with van der Waals surface area (Å²) in [6.45, 7) is 3.54. The largest absolute Gasteiger partial charge is 0.481 e. The Hall–Kier alpha value is -2.31. The highest BCUT2D eigenvalue weighted by molar-refractivity contribution is 5.75. The molecule has 1 rings (SSSR count). The van der Waals surface area contributed by atoms with Crippen LogP contribution in [-0.4, -0.2) is 41.5 Å². The van der Waals surface area contributed by atoms with Crippen molar-refractivity contribution < 1.29 is 24.0 Å². The molecular formula is C13H18N2O5. The maximum Gasteiger partial charge on any atom is 0.314 e. The third-order valence-electron chi connectivity index (χ3n) is 2.47. The van der Waals surface area contributed by atoms with Crippen LogP contribution in [0.3, 0.4) is 0 Å². The third-order valence-corrected chi connectivity index (χ3v) is 2.47. The predicted molar refractivity (Wildman–Crippen MR) is 70.2 cm³/mol. The van der Waals surface area contributed by atoms with Crippen molar-refractivity contribution in [2.45, 2.75) is 19.8 Å². The Morgan fingerprint density at radius 3 is 2.60 bits per heavy atom. The molecule has 0 saturated heterocycles. The molecule has 1 atom stereocenters. The number of hydrogen-bond acceptors (Lipinski definition) is 6. The molecule has 0 spiro atoms. The maximum atomic E-state index is 11.2. The Bertz CT molecular complexity index is 505. The van der Waals surface area contributed by atoms with Crippen LogP contribution in [0.25, 0.3) is 0 Å². The molecule has 0 aromatic carbocycles. The van der Waals surface area contributed by atoms with Gasteiger partial charge in [0.15, 0.2) is 17.8 Å². The molecule has 1 aromatic heterocycles. The second-order valence-corrected chi connectivity index (χ2v) is 4.84. The van der Waals surface area contributed by atoms with Crippen LogP contribution in [0.4, 0.5) is 0 Å². The minimum Gasteiger partial charge on any atom is -0.481 e. The second kappa shape index (κ2) is 6.74. The number of carboxylic acid groups (broad SMARTS) is 1. The number of aldehydes is 1. The Kier molecular flexibility index (Phi) is 5.31. The molecule has 0 aliphatic rings. The van der Waals surface area contributed by atoms with Crippen LogP contribution < -0.4 is 4.74 Å². The summed E-state index contributed by atoms with van der Waals surface area (Å²) in [6, 6.07) is 1.38. The Morgan fingerprint density at radius 2 is 2.15 bits per heavy atom. The fourth-order valence-corrected chi connectivity index (χ4v) is 1.66. The molecule has 0 aliphatic carbocycles. The Balaban J connectivity index is 2.92. The first-order valence-corrected chi connectivity index (χ1v) is 6.05. The maximum absolute atomic E-state index is 11.2. The summed E-state index contributed by atoms with van der Waals surface area (Å²) < 4.78 is 10.2. The van der Waals surface area contributed by atoms with Crippen LogP contribution in [0, 0.1) is 5.92 Å². The quantitative estimate of drug-likeness (QED) is 0.460. The smallest absolute Gasteiger partial charge is 0.314 e. The van der Waals surface area contributed by atoms with E-state index in [9.17, 15) is 9.59 Å². The lowest BCUT2D eigenvalue weighted by Gasteiger charge is -2.11. The number of hydrogen-bond donors (Lipinski definition) is 1. The van der Waals surface area contributed by atoms with Crippen LogP contribution in [0.2, 0.25) is 0 Å². The van der Waals surface area contributed by atoms with Gasteiger partial charge in [-0.15, -0.1) is 0 Å². The molecule has 7 heteroatoms. The van der Waals surface area contributed by atoms with Gasteiger partial charge in [0.05, 0.1) is 0 Å². The van der Waals surface area contributed by atoms with Crippen molar-refractivity contribution in [1.29, 1.82) is 0 Å². The van der Waals surface area contributed by atoms with E-state index in [2.05, 4.69) is 5.16 Å². The van der Waals surface area contributed by atoms with E-state index in [4.69, 9.17) is 14.4 Å². The first kappa shape index (κ1) is 15.7. The number of carbonyl (C=O) groups excluding carboxylic acids is 1. The summed E-state index contributed by atoms with van der Waals surface area (Å²) in [6.07, 6.45) is 2.00. The van der Waals surface area contributed by atoms with Crippen LogP contribution in [0.15, 0.2) is 22.5 Å². The van der Waals surface area contributed by atoms with Gasteiger partial charge in [0.2, 0.25) is 0 Å². The van der Waals surface area contributed by atoms with Crippen LogP contribution in [0.1, 0.15) is 25.5 Å². The van der Waals surface area contributed by atoms with Gasteiger partial charge in [0.25, 0.3) is 5.88 Å². The summed E-state index contributed by atoms with van der Waals surface area (Å²) >= 11 is 0. The fraction of sp³-hybridized carbons (Fsp3) is 0.462. The third kappa shape index (κ3) is 4.11. The molecule has 1 N–H and O–H groups in total. The van der Waals surface area contributed by atoms with Gasteiger partial charge < -0.3 is 19.3 Å². The summed E-state index contributed by atoms with van der Waals surface area (Å²) in [4.78, 5) is 23.6. The molecule has 1 unspecified atom stereocenters. The Labute approximate surface area is 116 Å². The average molecular weight is 282 g/mol. The number of allylic oxidation sites excluding steroid dienone is 1. The molecule has 0 aliphatic heterocycles. The highest BCUT2D eigenvalue weighted by atomic mass is 16.5. The molecule has 0 fully saturated rings. The molecule has 0 saturated carbocycles. The zero-order valence-electron chi connectivity index (χ0n) is 11.9. The minimum absolute atomic E-state index is 0.0475. The van der Waals surface area contributed by atoms with Crippen molar-refractivity contribution in [3.8, 4) is 5.88 Å². The molecule has 1 aromatic rings. The molecular weight excluding hydrogens is 264 g/mol. The lowest BCUT2D eigenvalue weighted by molar-refractivity contribution is -0.140. The molecule has 0 bridgehead atoms. The number of nitrogens with zero attached hydrogens (tertiary/aromatic N) is 2. The minimum atomic E-state index is -0.998. The zero-order valence-corrected chi connectivity index (χ0v) is 11.9. The number of aliphatic carboxylic acids is 1. The summed E-state index contributed by atoms with van der Waals surface area (Å²) in [5.41, 5.74) is 0. The van der Waals surface area contributed by atoms with E-state index in [1.54, 1.807) is 32.8 Å². The van der Waals surface area contributed by atoms with E-state index in [-0.39, 0.29) is 23.3 Å². The van der Waals surface area contributed by atoms with Gasteiger partial charge in [0.1, 0.15) is 5.92 Å². The number of carbonyl (C=O) groups is 2. The van der Waals surface area contributed by atoms with Gasteiger partial charge in [-0.3, -0.25) is 9.59 Å². The van der Waals surface area contributed by atoms with Crippen LogP contribution in [0.5, 0.6) is 5.88 Å². The SMILES string of the molecule is CC(C)C(C(=O)O)c1cc(O/C(C=O)=C/N(C)C)no1. The van der Waals surface area contributed by atoms with Gasteiger partial charge in [0, 0.05) is 26.4 Å². The number of rotatable bonds is 7. The predicted octanol–water partition coefficient (Wildman–Crippen LogP) is 1.48. The van der Waals surface area contributed by atoms with E-state index in [0.717, 1.165) is 0 Å². The van der Waals surface area contributed by atoms with E-state index < -0.39 is 11.9 Å². The lowest BCUT2D eigenvalue weighted by atomic mass is 9.94. The second-order valence-electron chi connectivity index (χ2n) is 4.84. The number of ether oxygens (including phenoxy) is 1. The first-order valence-electron chi connectivity index (χ1n) is 6.05. The van der Waals surface area contributed by atoms with Gasteiger partial charge in [-0.2, -0.15) is 0 Å². The first-order chi connectivity index (χ1) is 9.35. The van der Waals surface area contributed by atoms with Crippen LogP contribution >= 0.6 is 0 Å². The lowest BCUT2D eigenvalue weighted by Crippen LogP contribution is -2.16. The van der Waals surface area contributed by atoms with Crippen molar-refractivity contribution in [1.82, 2.24) is 10.1 Å². The molecule has 20 heavy (non-hydrogen) atoms. The van der Waals surface area contributed by atoms with Crippen molar-refractivity contribution >= 4 is 12.3 Å². The Morgan fingerprint density at radius 1 is 1.50 bits per heavy atom. The average Bonchev–Trinajstić information content (AvgIpc) is 2.74. The van der Waals surface area contributed by atoms with Gasteiger partial charge in [-0.25, -0.2) is 0 Å². The monoisotopic (exact) mass is 282 g/mol. The highest BCUT2D eigenvalue weighted by Gasteiger charge is 2.28. The van der Waals surface area contributed by atoms with Crippen molar-refractivity contribution in [3.05, 3.63) is 23.8 Å². The van der Waals surface area contributed by atoms with E-state index in [1.165, 1.54) is 12.3 Å². The standard InChI is InChI=1S/C13H18N2O5/c1-8(2)12(13(17)18)10-5-11(14-20-10)19-9(7-16)6-15(3)4/h5-8,12H,1-4H3,(H,17,18)/b9-6+. The molecule has 1 heterocycles. The number of aromatic nitrogens is 1. The van der Waals surface area contributed by atoms with Gasteiger partial charge >= 0.3 is 5.97 Å². The normalized spacial score (nSPS) is 13.2.